The van der Waals surface area contributed by atoms with Crippen molar-refractivity contribution in [1.82, 2.24) is 9.80 Å². The van der Waals surface area contributed by atoms with Crippen LogP contribution in [0.4, 0.5) is 0 Å². The van der Waals surface area contributed by atoms with Crippen LogP contribution in [-0.4, -0.2) is 49.1 Å². The molecule has 0 bridgehead atoms. The van der Waals surface area contributed by atoms with Crippen LogP contribution in [0.2, 0.25) is 0 Å². The van der Waals surface area contributed by atoms with Gasteiger partial charge in [-0.15, -0.1) is 0 Å². The lowest BCUT2D eigenvalue weighted by Crippen LogP contribution is -2.43. The zero-order valence-electron chi connectivity index (χ0n) is 10.8. The Kier molecular flexibility index (Phi) is 4.65. The van der Waals surface area contributed by atoms with Crippen molar-refractivity contribution >= 4 is 6.08 Å². The summed E-state index contributed by atoms with van der Waals surface area (Å²) in [5.41, 5.74) is 2.37. The van der Waals surface area contributed by atoms with E-state index in [9.17, 15) is 4.79 Å². The minimum Gasteiger partial charge on any atom is -0.304 e. The number of nitrogens with zero attached hydrogens (tertiary/aromatic N) is 3. The molecule has 0 spiro atoms. The lowest BCUT2D eigenvalue weighted by molar-refractivity contribution is 0.148. The third-order valence-corrected chi connectivity index (χ3v) is 3.35. The van der Waals surface area contributed by atoms with Gasteiger partial charge in [0.2, 0.25) is 6.08 Å². The van der Waals surface area contributed by atoms with Gasteiger partial charge in [0.25, 0.3) is 0 Å². The Morgan fingerprint density at radius 2 is 1.72 bits per heavy atom. The van der Waals surface area contributed by atoms with Gasteiger partial charge in [-0.2, -0.15) is 0 Å². The van der Waals surface area contributed by atoms with Crippen LogP contribution < -0.4 is 0 Å². The zero-order chi connectivity index (χ0) is 12.8. The third-order valence-electron chi connectivity index (χ3n) is 3.35. The standard InChI is InChI=1S/C14H19N3O/c1-16-6-8-17(9-7-16)11-14-4-2-13(3-5-14)10-15-12-18/h2-5H,6-11H2,1H3. The van der Waals surface area contributed by atoms with E-state index < -0.39 is 0 Å². The van der Waals surface area contributed by atoms with Crippen molar-refractivity contribution < 1.29 is 4.79 Å². The number of rotatable bonds is 4. The Hall–Kier alpha value is -1.48. The van der Waals surface area contributed by atoms with Crippen molar-refractivity contribution in [1.29, 1.82) is 0 Å². The van der Waals surface area contributed by atoms with Gasteiger partial charge >= 0.3 is 0 Å². The SMILES string of the molecule is CN1CCN(Cc2ccc(CN=C=O)cc2)CC1. The Bertz CT molecular complexity index is 415. The maximum atomic E-state index is 10.0. The molecule has 0 aliphatic carbocycles. The van der Waals surface area contributed by atoms with E-state index in [4.69, 9.17) is 0 Å². The van der Waals surface area contributed by atoms with Crippen molar-refractivity contribution in [2.45, 2.75) is 13.1 Å². The number of hydrogen-bond acceptors (Lipinski definition) is 4. The monoisotopic (exact) mass is 245 g/mol. The van der Waals surface area contributed by atoms with Gasteiger partial charge in [-0.1, -0.05) is 24.3 Å². The summed E-state index contributed by atoms with van der Waals surface area (Å²) >= 11 is 0. The first kappa shape index (κ1) is 13.0. The molecule has 0 aromatic heterocycles. The maximum absolute atomic E-state index is 10.0. The van der Waals surface area contributed by atoms with E-state index in [0.717, 1.165) is 38.3 Å². The van der Waals surface area contributed by atoms with Crippen LogP contribution in [0.5, 0.6) is 0 Å². The molecule has 1 aromatic carbocycles. The number of likely N-dealkylation sites (N-methyl/N-ethyl adjacent to an activating group) is 1. The van der Waals surface area contributed by atoms with Crippen LogP contribution in [0.25, 0.3) is 0 Å². The molecule has 0 atom stereocenters. The smallest absolute Gasteiger partial charge is 0.235 e. The first-order valence-corrected chi connectivity index (χ1v) is 6.30. The summed E-state index contributed by atoms with van der Waals surface area (Å²) in [4.78, 5) is 18.4. The topological polar surface area (TPSA) is 35.9 Å². The second-order valence-electron chi connectivity index (χ2n) is 4.80. The summed E-state index contributed by atoms with van der Waals surface area (Å²) in [7, 11) is 2.17. The molecule has 4 nitrogen and oxygen atoms in total. The van der Waals surface area contributed by atoms with Crippen LogP contribution in [-0.2, 0) is 17.9 Å². The van der Waals surface area contributed by atoms with E-state index in [0.29, 0.717) is 6.54 Å². The fourth-order valence-electron chi connectivity index (χ4n) is 2.14. The summed E-state index contributed by atoms with van der Waals surface area (Å²) in [6.45, 7) is 5.99. The van der Waals surface area contributed by atoms with Crippen molar-refractivity contribution in [2.24, 2.45) is 4.99 Å². The van der Waals surface area contributed by atoms with Gasteiger partial charge in [0.15, 0.2) is 0 Å². The molecule has 0 saturated carbocycles. The van der Waals surface area contributed by atoms with Gasteiger partial charge in [-0.25, -0.2) is 9.79 Å². The molecule has 1 saturated heterocycles. The molecule has 0 N–H and O–H groups in total. The highest BCUT2D eigenvalue weighted by molar-refractivity contribution is 5.34. The Balaban J connectivity index is 1.88. The minimum atomic E-state index is 0.429. The van der Waals surface area contributed by atoms with Gasteiger partial charge in [0.1, 0.15) is 0 Å². The lowest BCUT2D eigenvalue weighted by Gasteiger charge is -2.32. The van der Waals surface area contributed by atoms with Crippen LogP contribution >= 0.6 is 0 Å². The predicted octanol–water partition coefficient (Wildman–Crippen LogP) is 1.27. The summed E-state index contributed by atoms with van der Waals surface area (Å²) < 4.78 is 0. The fraction of sp³-hybridized carbons (Fsp3) is 0.500. The van der Waals surface area contributed by atoms with Gasteiger partial charge < -0.3 is 4.90 Å². The zero-order valence-corrected chi connectivity index (χ0v) is 10.8. The average molecular weight is 245 g/mol. The van der Waals surface area contributed by atoms with E-state index in [-0.39, 0.29) is 0 Å². The molecule has 0 unspecified atom stereocenters. The molecule has 1 aromatic rings. The second kappa shape index (κ2) is 6.45. The molecule has 0 radical (unpaired) electrons. The van der Waals surface area contributed by atoms with E-state index in [1.165, 1.54) is 5.56 Å². The highest BCUT2D eigenvalue weighted by Crippen LogP contribution is 2.10. The average Bonchev–Trinajstić information content (AvgIpc) is 2.41. The minimum absolute atomic E-state index is 0.429. The Morgan fingerprint density at radius 1 is 1.11 bits per heavy atom. The number of aliphatic imine (C=N–C) groups is 1. The molecular weight excluding hydrogens is 226 g/mol. The normalized spacial score (nSPS) is 17.4. The molecule has 1 fully saturated rings. The highest BCUT2D eigenvalue weighted by Gasteiger charge is 2.13. The first-order chi connectivity index (χ1) is 8.78. The van der Waals surface area contributed by atoms with Gasteiger partial charge in [0.05, 0.1) is 6.54 Å². The number of hydrogen-bond donors (Lipinski definition) is 0. The molecule has 18 heavy (non-hydrogen) atoms. The number of isocyanates is 1. The number of benzene rings is 1. The van der Waals surface area contributed by atoms with Crippen LogP contribution in [0, 0.1) is 0 Å². The van der Waals surface area contributed by atoms with Crippen molar-refractivity contribution in [3.63, 3.8) is 0 Å². The van der Waals surface area contributed by atoms with E-state index in [1.807, 2.05) is 12.1 Å². The second-order valence-corrected chi connectivity index (χ2v) is 4.80. The van der Waals surface area contributed by atoms with E-state index in [1.54, 1.807) is 6.08 Å². The summed E-state index contributed by atoms with van der Waals surface area (Å²) in [6, 6.07) is 8.31. The molecular formula is C14H19N3O. The molecule has 4 heteroatoms. The largest absolute Gasteiger partial charge is 0.304 e. The Morgan fingerprint density at radius 3 is 2.33 bits per heavy atom. The predicted molar refractivity (Wildman–Crippen MR) is 71.0 cm³/mol. The fourth-order valence-corrected chi connectivity index (χ4v) is 2.14. The van der Waals surface area contributed by atoms with Gasteiger partial charge in [-0.3, -0.25) is 4.90 Å². The molecule has 2 rings (SSSR count). The van der Waals surface area contributed by atoms with Crippen molar-refractivity contribution in [2.75, 3.05) is 33.2 Å². The Labute approximate surface area is 108 Å². The summed E-state index contributed by atoms with van der Waals surface area (Å²) in [5.74, 6) is 0. The summed E-state index contributed by atoms with van der Waals surface area (Å²) in [6.07, 6.45) is 1.56. The molecule has 0 amide bonds. The molecule has 1 aliphatic rings. The van der Waals surface area contributed by atoms with E-state index >= 15 is 0 Å². The number of piperazine rings is 1. The lowest BCUT2D eigenvalue weighted by atomic mass is 10.1. The van der Waals surface area contributed by atoms with Gasteiger partial charge in [-0.05, 0) is 18.2 Å². The quantitative estimate of drug-likeness (QED) is 0.592. The van der Waals surface area contributed by atoms with Crippen molar-refractivity contribution in [3.8, 4) is 0 Å². The van der Waals surface area contributed by atoms with Crippen LogP contribution in [0.15, 0.2) is 29.3 Å². The third kappa shape index (κ3) is 3.77. The summed E-state index contributed by atoms with van der Waals surface area (Å²) in [5, 5.41) is 0. The maximum Gasteiger partial charge on any atom is 0.235 e. The molecule has 1 heterocycles. The molecule has 96 valence electrons. The van der Waals surface area contributed by atoms with Gasteiger partial charge in [0, 0.05) is 32.7 Å². The van der Waals surface area contributed by atoms with E-state index in [2.05, 4.69) is 34.0 Å². The van der Waals surface area contributed by atoms with Crippen LogP contribution in [0.3, 0.4) is 0 Å². The highest BCUT2D eigenvalue weighted by atomic mass is 16.1. The first-order valence-electron chi connectivity index (χ1n) is 6.30. The number of carbonyl (C=O) groups excluding carboxylic acids is 1. The molecule has 1 aliphatic heterocycles. The van der Waals surface area contributed by atoms with Crippen LogP contribution in [0.1, 0.15) is 11.1 Å². The van der Waals surface area contributed by atoms with Crippen molar-refractivity contribution in [3.05, 3.63) is 35.4 Å².